The van der Waals surface area contributed by atoms with Gasteiger partial charge >= 0.3 is 0 Å². The molecule has 1 aliphatic rings. The first kappa shape index (κ1) is 23.3. The molecule has 0 atom stereocenters. The highest BCUT2D eigenvalue weighted by Crippen LogP contribution is 2.36. The van der Waals surface area contributed by atoms with Gasteiger partial charge in [-0.15, -0.1) is 10.2 Å². The molecule has 0 saturated heterocycles. The molecule has 2 aromatic carbocycles. The summed E-state index contributed by atoms with van der Waals surface area (Å²) in [5, 5.41) is 11.0. The summed E-state index contributed by atoms with van der Waals surface area (Å²) in [6.45, 7) is 2.39. The fourth-order valence-corrected chi connectivity index (χ4v) is 6.15. The van der Waals surface area contributed by atoms with E-state index in [1.54, 1.807) is 48.2 Å². The van der Waals surface area contributed by atoms with E-state index in [1.165, 1.54) is 23.5 Å². The molecule has 0 unspecified atom stereocenters. The van der Waals surface area contributed by atoms with Gasteiger partial charge in [-0.2, -0.15) is 0 Å². The van der Waals surface area contributed by atoms with Crippen LogP contribution in [0.5, 0.6) is 11.5 Å². The lowest BCUT2D eigenvalue weighted by Crippen LogP contribution is -2.38. The molecule has 0 bridgehead atoms. The van der Waals surface area contributed by atoms with Crippen molar-refractivity contribution in [2.45, 2.75) is 22.6 Å². The van der Waals surface area contributed by atoms with Gasteiger partial charge in [0, 0.05) is 11.8 Å². The highest BCUT2D eigenvalue weighted by molar-refractivity contribution is 8.01. The number of carbonyl (C=O) groups excluding carboxylic acids is 1. The van der Waals surface area contributed by atoms with E-state index in [1.807, 2.05) is 0 Å². The van der Waals surface area contributed by atoms with Gasteiger partial charge in [-0.3, -0.25) is 14.4 Å². The van der Waals surface area contributed by atoms with Gasteiger partial charge in [0.1, 0.15) is 19.8 Å². The predicted molar refractivity (Wildman–Crippen MR) is 128 cm³/mol. The van der Waals surface area contributed by atoms with Gasteiger partial charge in [-0.25, -0.2) is 8.42 Å². The zero-order valence-corrected chi connectivity index (χ0v) is 20.2. The molecule has 2 heterocycles. The van der Waals surface area contributed by atoms with Crippen LogP contribution < -0.4 is 19.1 Å². The lowest BCUT2D eigenvalue weighted by Gasteiger charge is -2.26. The van der Waals surface area contributed by atoms with E-state index in [0.29, 0.717) is 29.8 Å². The molecule has 33 heavy (non-hydrogen) atoms. The zero-order chi connectivity index (χ0) is 23.3. The summed E-state index contributed by atoms with van der Waals surface area (Å²) in [6, 6.07) is 12.7. The van der Waals surface area contributed by atoms with E-state index >= 15 is 0 Å². The number of thioether (sulfide) groups is 1. The first-order valence-electron chi connectivity index (χ1n) is 10.2. The van der Waals surface area contributed by atoms with E-state index in [4.69, 9.17) is 9.47 Å². The zero-order valence-electron chi connectivity index (χ0n) is 17.8. The molecule has 3 aromatic rings. The second-order valence-electron chi connectivity index (χ2n) is 6.92. The van der Waals surface area contributed by atoms with Crippen LogP contribution in [0.2, 0.25) is 0 Å². The fraction of sp³-hybridized carbons (Fsp3) is 0.286. The largest absolute Gasteiger partial charge is 0.486 e. The number of amides is 1. The Morgan fingerprint density at radius 2 is 1.88 bits per heavy atom. The number of nitrogens with one attached hydrogen (secondary N) is 1. The quantitative estimate of drug-likeness (QED) is 0.346. The van der Waals surface area contributed by atoms with Crippen molar-refractivity contribution in [1.82, 2.24) is 10.2 Å². The summed E-state index contributed by atoms with van der Waals surface area (Å²) in [6.07, 6.45) is 0.994. The molecule has 0 aliphatic carbocycles. The molecule has 1 N–H and O–H groups in total. The van der Waals surface area contributed by atoms with Crippen LogP contribution in [0.3, 0.4) is 0 Å². The summed E-state index contributed by atoms with van der Waals surface area (Å²) in [4.78, 5) is 12.9. The molecule has 1 aliphatic heterocycles. The molecule has 0 saturated carbocycles. The monoisotopic (exact) mass is 506 g/mol. The third-order valence-corrected chi connectivity index (χ3v) is 8.48. The molecule has 0 fully saturated rings. The van der Waals surface area contributed by atoms with E-state index in [0.717, 1.165) is 20.8 Å². The average molecular weight is 507 g/mol. The number of ether oxygens (including phenoxy) is 2. The van der Waals surface area contributed by atoms with Crippen LogP contribution in [-0.4, -0.2) is 50.0 Å². The van der Waals surface area contributed by atoms with Crippen LogP contribution in [0.1, 0.15) is 13.3 Å². The van der Waals surface area contributed by atoms with Crippen LogP contribution in [0.4, 0.5) is 10.8 Å². The van der Waals surface area contributed by atoms with Gasteiger partial charge < -0.3 is 9.47 Å². The normalized spacial score (nSPS) is 12.9. The molecule has 1 amide bonds. The van der Waals surface area contributed by atoms with Crippen LogP contribution in [0, 0.1) is 0 Å². The SMILES string of the molecule is CCCSc1nnc(NC(=O)CN(c2ccc3c(c2)OCCO3)S(=O)(=O)c2ccccc2)s1. The van der Waals surface area contributed by atoms with Gasteiger partial charge in [-0.05, 0) is 30.7 Å². The van der Waals surface area contributed by atoms with E-state index in [9.17, 15) is 13.2 Å². The standard InChI is InChI=1S/C21H22N4O5S3/c1-2-12-31-21-24-23-20(32-21)22-19(26)14-25(33(27,28)16-6-4-3-5-7-16)15-8-9-17-18(13-15)30-11-10-29-17/h3-9,13H,2,10-12,14H2,1H3,(H,22,23,26). The summed E-state index contributed by atoms with van der Waals surface area (Å²) in [7, 11) is -4.04. The fourth-order valence-electron chi connectivity index (χ4n) is 3.02. The number of fused-ring (bicyclic) bond motifs is 1. The number of carbonyl (C=O) groups is 1. The van der Waals surface area contributed by atoms with E-state index in [2.05, 4.69) is 22.4 Å². The molecule has 4 rings (SSSR count). The van der Waals surface area contributed by atoms with Crippen LogP contribution in [0.25, 0.3) is 0 Å². The predicted octanol–water partition coefficient (Wildman–Crippen LogP) is 3.65. The van der Waals surface area contributed by atoms with Crippen molar-refractivity contribution in [1.29, 1.82) is 0 Å². The maximum absolute atomic E-state index is 13.5. The molecule has 0 radical (unpaired) electrons. The van der Waals surface area contributed by atoms with Gasteiger partial charge in [-0.1, -0.05) is 48.2 Å². The number of hydrogen-bond donors (Lipinski definition) is 1. The van der Waals surface area contributed by atoms with Crippen LogP contribution >= 0.6 is 23.1 Å². The highest BCUT2D eigenvalue weighted by Gasteiger charge is 2.29. The van der Waals surface area contributed by atoms with Crippen molar-refractivity contribution in [3.05, 3.63) is 48.5 Å². The number of benzene rings is 2. The average Bonchev–Trinajstić information content (AvgIpc) is 3.28. The minimum atomic E-state index is -4.04. The molecule has 9 nitrogen and oxygen atoms in total. The third-order valence-electron chi connectivity index (χ3n) is 4.51. The molecule has 12 heteroatoms. The summed E-state index contributed by atoms with van der Waals surface area (Å²) < 4.78 is 39.8. The number of hydrogen-bond acceptors (Lipinski definition) is 9. The molecule has 1 aromatic heterocycles. The number of anilines is 2. The Morgan fingerprint density at radius 3 is 2.64 bits per heavy atom. The number of rotatable bonds is 9. The Hall–Kier alpha value is -2.83. The molecule has 174 valence electrons. The summed E-state index contributed by atoms with van der Waals surface area (Å²) >= 11 is 2.81. The summed E-state index contributed by atoms with van der Waals surface area (Å²) in [5.74, 6) is 1.31. The van der Waals surface area contributed by atoms with Crippen molar-refractivity contribution in [3.63, 3.8) is 0 Å². The molecular weight excluding hydrogens is 484 g/mol. The van der Waals surface area contributed by atoms with Crippen LogP contribution in [-0.2, 0) is 14.8 Å². The van der Waals surface area contributed by atoms with Gasteiger partial charge in [0.05, 0.1) is 10.6 Å². The maximum atomic E-state index is 13.5. The smallest absolute Gasteiger partial charge is 0.264 e. The lowest BCUT2D eigenvalue weighted by atomic mass is 10.2. The van der Waals surface area contributed by atoms with Gasteiger partial charge in [0.2, 0.25) is 11.0 Å². The highest BCUT2D eigenvalue weighted by atomic mass is 32.2. The molecular formula is C21H22N4O5S3. The van der Waals surface area contributed by atoms with Crippen molar-refractivity contribution >= 4 is 49.8 Å². The molecule has 0 spiro atoms. The van der Waals surface area contributed by atoms with Gasteiger partial charge in [0.15, 0.2) is 15.8 Å². The van der Waals surface area contributed by atoms with Crippen LogP contribution in [0.15, 0.2) is 57.8 Å². The van der Waals surface area contributed by atoms with Crippen molar-refractivity contribution in [3.8, 4) is 11.5 Å². The summed E-state index contributed by atoms with van der Waals surface area (Å²) in [5.41, 5.74) is 0.287. The minimum absolute atomic E-state index is 0.0712. The van der Waals surface area contributed by atoms with E-state index in [-0.39, 0.29) is 10.6 Å². The second kappa shape index (κ2) is 10.4. The topological polar surface area (TPSA) is 111 Å². The van der Waals surface area contributed by atoms with E-state index < -0.39 is 22.5 Å². The Kier molecular flexibility index (Phi) is 7.36. The number of sulfonamides is 1. The Labute approximate surface area is 200 Å². The lowest BCUT2D eigenvalue weighted by molar-refractivity contribution is -0.114. The Morgan fingerprint density at radius 1 is 1.12 bits per heavy atom. The Balaban J connectivity index is 1.60. The number of nitrogens with zero attached hydrogens (tertiary/aromatic N) is 3. The number of aromatic nitrogens is 2. The van der Waals surface area contributed by atoms with Crippen molar-refractivity contribution in [2.75, 3.05) is 35.1 Å². The minimum Gasteiger partial charge on any atom is -0.486 e. The van der Waals surface area contributed by atoms with Gasteiger partial charge in [0.25, 0.3) is 10.0 Å². The third kappa shape index (κ3) is 5.57. The maximum Gasteiger partial charge on any atom is 0.264 e. The first-order valence-corrected chi connectivity index (χ1v) is 13.4. The van der Waals surface area contributed by atoms with Crippen molar-refractivity contribution in [2.24, 2.45) is 0 Å². The second-order valence-corrected chi connectivity index (χ2v) is 11.1. The Bertz CT molecular complexity index is 1220. The van der Waals surface area contributed by atoms with Crippen molar-refractivity contribution < 1.29 is 22.7 Å². The first-order chi connectivity index (χ1) is 16.0.